The molecule has 3 rings (SSSR count). The monoisotopic (exact) mass is 382 g/mol. The molecule has 0 fully saturated rings. The van der Waals surface area contributed by atoms with Crippen molar-refractivity contribution in [2.24, 2.45) is 0 Å². The van der Waals surface area contributed by atoms with Gasteiger partial charge in [-0.25, -0.2) is 4.68 Å². The second kappa shape index (κ2) is 8.05. The molecule has 0 unspecified atom stereocenters. The Bertz CT molecular complexity index is 950. The van der Waals surface area contributed by atoms with E-state index in [4.69, 9.17) is 11.6 Å². The maximum absolute atomic E-state index is 12.7. The van der Waals surface area contributed by atoms with Gasteiger partial charge < -0.3 is 10.2 Å². The predicted molar refractivity (Wildman–Crippen MR) is 105 cm³/mol. The second-order valence-electron chi connectivity index (χ2n) is 6.15. The summed E-state index contributed by atoms with van der Waals surface area (Å²) in [6.45, 7) is -0.0809. The molecule has 0 aliphatic heterocycles. The van der Waals surface area contributed by atoms with Crippen molar-refractivity contribution < 1.29 is 9.59 Å². The van der Waals surface area contributed by atoms with Crippen LogP contribution in [0.15, 0.2) is 60.8 Å². The molecule has 0 atom stereocenters. The summed E-state index contributed by atoms with van der Waals surface area (Å²) in [7, 11) is 3.28. The Morgan fingerprint density at radius 2 is 1.74 bits per heavy atom. The molecule has 2 amide bonds. The fourth-order valence-electron chi connectivity index (χ4n) is 2.48. The number of nitrogens with zero attached hydrogens (tertiary/aromatic N) is 3. The highest BCUT2D eigenvalue weighted by molar-refractivity contribution is 6.30. The van der Waals surface area contributed by atoms with Crippen LogP contribution in [-0.2, 0) is 4.79 Å². The summed E-state index contributed by atoms with van der Waals surface area (Å²) in [6, 6.07) is 16.6. The molecule has 0 aliphatic rings. The Morgan fingerprint density at radius 1 is 1.07 bits per heavy atom. The Balaban J connectivity index is 1.97. The Hall–Kier alpha value is -3.12. The van der Waals surface area contributed by atoms with E-state index in [2.05, 4.69) is 10.4 Å². The predicted octanol–water partition coefficient (Wildman–Crippen LogP) is 3.01. The van der Waals surface area contributed by atoms with E-state index in [9.17, 15) is 9.59 Å². The SMILES string of the molecule is CN(C)C(=O)CNC(=O)c1cn(-c2ccccc2)nc1-c1ccc(Cl)cc1. The number of para-hydroxylation sites is 1. The smallest absolute Gasteiger partial charge is 0.255 e. The van der Waals surface area contributed by atoms with Gasteiger partial charge in [-0.15, -0.1) is 0 Å². The number of carbonyl (C=O) groups excluding carboxylic acids is 2. The Kier molecular flexibility index (Phi) is 5.57. The fourth-order valence-corrected chi connectivity index (χ4v) is 2.61. The van der Waals surface area contributed by atoms with Crippen LogP contribution in [0.2, 0.25) is 5.02 Å². The first-order valence-corrected chi connectivity index (χ1v) is 8.73. The van der Waals surface area contributed by atoms with Crippen molar-refractivity contribution in [1.29, 1.82) is 0 Å². The van der Waals surface area contributed by atoms with Gasteiger partial charge in [0.05, 0.1) is 17.8 Å². The summed E-state index contributed by atoms with van der Waals surface area (Å²) in [5.74, 6) is -0.552. The molecule has 0 aliphatic carbocycles. The highest BCUT2D eigenvalue weighted by Gasteiger charge is 2.19. The van der Waals surface area contributed by atoms with Crippen molar-refractivity contribution in [3.05, 3.63) is 71.4 Å². The third kappa shape index (κ3) is 4.35. The van der Waals surface area contributed by atoms with Crippen LogP contribution in [0.25, 0.3) is 16.9 Å². The van der Waals surface area contributed by atoms with Gasteiger partial charge in [-0.3, -0.25) is 9.59 Å². The Labute approximate surface area is 162 Å². The van der Waals surface area contributed by atoms with Crippen LogP contribution in [0.1, 0.15) is 10.4 Å². The summed E-state index contributed by atoms with van der Waals surface area (Å²) in [6.07, 6.45) is 1.66. The van der Waals surface area contributed by atoms with E-state index >= 15 is 0 Å². The first kappa shape index (κ1) is 18.7. The van der Waals surface area contributed by atoms with Crippen molar-refractivity contribution >= 4 is 23.4 Å². The van der Waals surface area contributed by atoms with Crippen molar-refractivity contribution in [1.82, 2.24) is 20.0 Å². The van der Waals surface area contributed by atoms with E-state index in [0.717, 1.165) is 11.3 Å². The van der Waals surface area contributed by atoms with Gasteiger partial charge in [0.1, 0.15) is 5.69 Å². The van der Waals surface area contributed by atoms with Gasteiger partial charge in [-0.05, 0) is 24.3 Å². The molecule has 0 saturated heterocycles. The summed E-state index contributed by atoms with van der Waals surface area (Å²) < 4.78 is 1.65. The number of carbonyl (C=O) groups is 2. The number of hydrogen-bond donors (Lipinski definition) is 1. The highest BCUT2D eigenvalue weighted by atomic mass is 35.5. The Morgan fingerprint density at radius 3 is 2.37 bits per heavy atom. The van der Waals surface area contributed by atoms with Crippen LogP contribution in [0.5, 0.6) is 0 Å². The lowest BCUT2D eigenvalue weighted by molar-refractivity contribution is -0.127. The minimum Gasteiger partial charge on any atom is -0.347 e. The van der Waals surface area contributed by atoms with Gasteiger partial charge in [-0.1, -0.05) is 41.9 Å². The summed E-state index contributed by atoms with van der Waals surface area (Å²) >= 11 is 5.97. The van der Waals surface area contributed by atoms with Gasteiger partial charge in [-0.2, -0.15) is 5.10 Å². The molecule has 0 spiro atoms. The van der Waals surface area contributed by atoms with Gasteiger partial charge in [0.25, 0.3) is 5.91 Å². The van der Waals surface area contributed by atoms with Crippen molar-refractivity contribution in [3.63, 3.8) is 0 Å². The fraction of sp³-hybridized carbons (Fsp3) is 0.150. The minimum absolute atomic E-state index is 0.0809. The van der Waals surface area contributed by atoms with Gasteiger partial charge >= 0.3 is 0 Å². The van der Waals surface area contributed by atoms with Crippen LogP contribution >= 0.6 is 11.6 Å². The molecule has 1 N–H and O–H groups in total. The molecule has 3 aromatic rings. The molecule has 138 valence electrons. The third-order valence-electron chi connectivity index (χ3n) is 4.00. The zero-order chi connectivity index (χ0) is 19.4. The maximum Gasteiger partial charge on any atom is 0.255 e. The number of likely N-dealkylation sites (N-methyl/N-ethyl adjacent to an activating group) is 1. The standard InChI is InChI=1S/C20H19ClN4O2/c1-24(2)18(26)12-22-20(27)17-13-25(16-6-4-3-5-7-16)23-19(17)14-8-10-15(21)11-9-14/h3-11,13H,12H2,1-2H3,(H,22,27). The van der Waals surface area contributed by atoms with Crippen LogP contribution in [0, 0.1) is 0 Å². The quantitative estimate of drug-likeness (QED) is 0.737. The van der Waals surface area contributed by atoms with Crippen LogP contribution < -0.4 is 5.32 Å². The van der Waals surface area contributed by atoms with E-state index < -0.39 is 0 Å². The number of benzene rings is 2. The molecule has 2 aromatic carbocycles. The highest BCUT2D eigenvalue weighted by Crippen LogP contribution is 2.25. The topological polar surface area (TPSA) is 67.2 Å². The van der Waals surface area contributed by atoms with Crippen LogP contribution in [0.4, 0.5) is 0 Å². The van der Waals surface area contributed by atoms with Gasteiger partial charge in [0.2, 0.25) is 5.91 Å². The van der Waals surface area contributed by atoms with Gasteiger partial charge in [0, 0.05) is 30.9 Å². The first-order valence-electron chi connectivity index (χ1n) is 8.35. The molecule has 7 heteroatoms. The minimum atomic E-state index is -0.364. The van der Waals surface area contributed by atoms with Crippen LogP contribution in [0.3, 0.4) is 0 Å². The summed E-state index contributed by atoms with van der Waals surface area (Å²) in [5, 5.41) is 7.84. The molecule has 0 bridgehead atoms. The summed E-state index contributed by atoms with van der Waals surface area (Å²) in [5.41, 5.74) is 2.49. The van der Waals surface area contributed by atoms with E-state index in [1.54, 1.807) is 37.1 Å². The van der Waals surface area contributed by atoms with E-state index in [0.29, 0.717) is 16.3 Å². The number of hydrogen-bond acceptors (Lipinski definition) is 3. The van der Waals surface area contributed by atoms with Crippen molar-refractivity contribution in [2.45, 2.75) is 0 Å². The number of halogens is 1. The molecule has 0 radical (unpaired) electrons. The van der Waals surface area contributed by atoms with Gasteiger partial charge in [0.15, 0.2) is 0 Å². The lowest BCUT2D eigenvalue weighted by Gasteiger charge is -2.10. The molecular weight excluding hydrogens is 364 g/mol. The van der Waals surface area contributed by atoms with E-state index in [-0.39, 0.29) is 18.4 Å². The average molecular weight is 383 g/mol. The lowest BCUT2D eigenvalue weighted by Crippen LogP contribution is -2.36. The molecular formula is C20H19ClN4O2. The second-order valence-corrected chi connectivity index (χ2v) is 6.59. The maximum atomic E-state index is 12.7. The number of nitrogens with one attached hydrogen (secondary N) is 1. The zero-order valence-electron chi connectivity index (χ0n) is 15.0. The number of amides is 2. The summed E-state index contributed by atoms with van der Waals surface area (Å²) in [4.78, 5) is 25.9. The zero-order valence-corrected chi connectivity index (χ0v) is 15.8. The largest absolute Gasteiger partial charge is 0.347 e. The first-order chi connectivity index (χ1) is 13.0. The molecule has 1 heterocycles. The number of rotatable bonds is 5. The normalized spacial score (nSPS) is 10.5. The number of aromatic nitrogens is 2. The molecule has 1 aromatic heterocycles. The van der Waals surface area contributed by atoms with E-state index in [1.807, 2.05) is 42.5 Å². The molecule has 0 saturated carbocycles. The molecule has 6 nitrogen and oxygen atoms in total. The lowest BCUT2D eigenvalue weighted by atomic mass is 10.1. The third-order valence-corrected chi connectivity index (χ3v) is 4.25. The molecule has 27 heavy (non-hydrogen) atoms. The van der Waals surface area contributed by atoms with Crippen molar-refractivity contribution in [3.8, 4) is 16.9 Å². The average Bonchev–Trinajstić information content (AvgIpc) is 3.12. The van der Waals surface area contributed by atoms with E-state index in [1.165, 1.54) is 4.90 Å². The van der Waals surface area contributed by atoms with Crippen LogP contribution in [-0.4, -0.2) is 47.1 Å². The van der Waals surface area contributed by atoms with Crippen molar-refractivity contribution in [2.75, 3.05) is 20.6 Å².